The molecule has 0 aromatic rings. The van der Waals surface area contributed by atoms with Crippen molar-refractivity contribution in [1.29, 1.82) is 0 Å². The lowest BCUT2D eigenvalue weighted by atomic mass is 9.74. The van der Waals surface area contributed by atoms with Crippen LogP contribution in [0.25, 0.3) is 0 Å². The highest BCUT2D eigenvalue weighted by Gasteiger charge is 2.43. The largest absolute Gasteiger partial charge is 0.327 e. The summed E-state index contributed by atoms with van der Waals surface area (Å²) in [6.45, 7) is 7.24. The van der Waals surface area contributed by atoms with Crippen LogP contribution < -0.4 is 5.73 Å². The summed E-state index contributed by atoms with van der Waals surface area (Å²) in [5.74, 6) is 0. The topological polar surface area (TPSA) is 29.3 Å². The zero-order chi connectivity index (χ0) is 11.6. The van der Waals surface area contributed by atoms with E-state index in [1.54, 1.807) is 0 Å². The zero-order valence-electron chi connectivity index (χ0n) is 11.0. The van der Waals surface area contributed by atoms with E-state index in [2.05, 4.69) is 18.7 Å². The van der Waals surface area contributed by atoms with Crippen LogP contribution in [-0.2, 0) is 0 Å². The molecule has 2 nitrogen and oxygen atoms in total. The third kappa shape index (κ3) is 2.28. The number of rotatable bonds is 3. The molecule has 1 unspecified atom stereocenters. The van der Waals surface area contributed by atoms with Gasteiger partial charge in [0.2, 0.25) is 0 Å². The second kappa shape index (κ2) is 5.05. The zero-order valence-corrected chi connectivity index (χ0v) is 11.0. The number of nitrogens with zero attached hydrogens (tertiary/aromatic N) is 1. The highest BCUT2D eigenvalue weighted by Crippen LogP contribution is 2.45. The predicted octanol–water partition coefficient (Wildman–Crippen LogP) is 2.77. The number of nitrogens with two attached hydrogens (primary N) is 1. The predicted molar refractivity (Wildman–Crippen MR) is 69.4 cm³/mol. The quantitative estimate of drug-likeness (QED) is 0.798. The van der Waals surface area contributed by atoms with Gasteiger partial charge < -0.3 is 10.6 Å². The van der Waals surface area contributed by atoms with Gasteiger partial charge in [0.15, 0.2) is 0 Å². The standard InChI is InChI=1S/C14H28N2/c1-3-5-12(2)16-10-8-14(9-11-16)7-4-6-13(14)15/h12-13H,3-11,15H2,1-2H3/t12?,13-/m1/s1. The summed E-state index contributed by atoms with van der Waals surface area (Å²) >= 11 is 0. The van der Waals surface area contributed by atoms with Gasteiger partial charge >= 0.3 is 0 Å². The SMILES string of the molecule is CCCC(C)N1CCC2(CCC[C@H]2N)CC1. The van der Waals surface area contributed by atoms with Crippen molar-refractivity contribution < 1.29 is 0 Å². The van der Waals surface area contributed by atoms with E-state index in [0.717, 1.165) is 6.04 Å². The number of hydrogen-bond acceptors (Lipinski definition) is 2. The summed E-state index contributed by atoms with van der Waals surface area (Å²) in [6.07, 6.45) is 9.38. The maximum atomic E-state index is 6.31. The molecule has 1 aliphatic carbocycles. The van der Waals surface area contributed by atoms with E-state index in [1.807, 2.05) is 0 Å². The summed E-state index contributed by atoms with van der Waals surface area (Å²) in [6, 6.07) is 1.27. The Morgan fingerprint density at radius 2 is 2.00 bits per heavy atom. The van der Waals surface area contributed by atoms with Crippen molar-refractivity contribution in [3.8, 4) is 0 Å². The van der Waals surface area contributed by atoms with E-state index in [9.17, 15) is 0 Å². The summed E-state index contributed by atoms with van der Waals surface area (Å²) in [5, 5.41) is 0. The van der Waals surface area contributed by atoms with Gasteiger partial charge in [0.05, 0.1) is 0 Å². The van der Waals surface area contributed by atoms with Crippen LogP contribution in [0.1, 0.15) is 58.8 Å². The van der Waals surface area contributed by atoms with Crippen molar-refractivity contribution in [3.63, 3.8) is 0 Å². The number of piperidine rings is 1. The van der Waals surface area contributed by atoms with Crippen LogP contribution in [-0.4, -0.2) is 30.1 Å². The maximum absolute atomic E-state index is 6.31. The third-order valence-electron chi connectivity index (χ3n) is 5.10. The summed E-state index contributed by atoms with van der Waals surface area (Å²) in [5.41, 5.74) is 6.84. The first kappa shape index (κ1) is 12.4. The fourth-order valence-corrected chi connectivity index (χ4v) is 3.80. The molecule has 2 heteroatoms. The average Bonchev–Trinajstić information content (AvgIpc) is 2.62. The lowest BCUT2D eigenvalue weighted by Gasteiger charge is -2.44. The Labute approximate surface area is 101 Å². The van der Waals surface area contributed by atoms with Crippen LogP contribution in [0.4, 0.5) is 0 Å². The molecule has 2 atom stereocenters. The Balaban J connectivity index is 1.86. The summed E-state index contributed by atoms with van der Waals surface area (Å²) < 4.78 is 0. The van der Waals surface area contributed by atoms with Crippen molar-refractivity contribution in [1.82, 2.24) is 4.90 Å². The van der Waals surface area contributed by atoms with Crippen LogP contribution in [0.5, 0.6) is 0 Å². The molecule has 1 spiro atoms. The molecule has 0 bridgehead atoms. The van der Waals surface area contributed by atoms with Crippen LogP contribution in [0, 0.1) is 5.41 Å². The number of hydrogen-bond donors (Lipinski definition) is 1. The molecule has 1 aliphatic heterocycles. The molecule has 2 N–H and O–H groups in total. The van der Waals surface area contributed by atoms with Crippen molar-refractivity contribution in [2.45, 2.75) is 70.9 Å². The molecule has 2 aliphatic rings. The molecule has 16 heavy (non-hydrogen) atoms. The molecule has 94 valence electrons. The van der Waals surface area contributed by atoms with Crippen LogP contribution in [0.15, 0.2) is 0 Å². The Kier molecular flexibility index (Phi) is 3.91. The van der Waals surface area contributed by atoms with Crippen molar-refractivity contribution in [2.24, 2.45) is 11.1 Å². The molecule has 0 amide bonds. The monoisotopic (exact) mass is 224 g/mol. The lowest BCUT2D eigenvalue weighted by Crippen LogP contribution is -2.49. The van der Waals surface area contributed by atoms with Gasteiger partial charge in [-0.25, -0.2) is 0 Å². The highest BCUT2D eigenvalue weighted by molar-refractivity contribution is 4.98. The molecule has 0 aromatic heterocycles. The van der Waals surface area contributed by atoms with E-state index in [0.29, 0.717) is 11.5 Å². The van der Waals surface area contributed by atoms with Gasteiger partial charge in [0, 0.05) is 12.1 Å². The van der Waals surface area contributed by atoms with E-state index in [1.165, 1.54) is 58.0 Å². The molecule has 2 rings (SSSR count). The smallest absolute Gasteiger partial charge is 0.00965 e. The van der Waals surface area contributed by atoms with E-state index >= 15 is 0 Å². The van der Waals surface area contributed by atoms with Gasteiger partial charge in [0.1, 0.15) is 0 Å². The maximum Gasteiger partial charge on any atom is 0.00965 e. The van der Waals surface area contributed by atoms with Gasteiger partial charge in [0.25, 0.3) is 0 Å². The van der Waals surface area contributed by atoms with Crippen molar-refractivity contribution in [3.05, 3.63) is 0 Å². The van der Waals surface area contributed by atoms with E-state index in [-0.39, 0.29) is 0 Å². The average molecular weight is 224 g/mol. The highest BCUT2D eigenvalue weighted by atomic mass is 15.2. The Hall–Kier alpha value is -0.0800. The molecule has 1 saturated carbocycles. The Bertz CT molecular complexity index is 219. The first-order valence-corrected chi connectivity index (χ1v) is 7.17. The Morgan fingerprint density at radius 3 is 2.50 bits per heavy atom. The molecule has 0 radical (unpaired) electrons. The molecule has 2 fully saturated rings. The molecular weight excluding hydrogens is 196 g/mol. The minimum Gasteiger partial charge on any atom is -0.327 e. The lowest BCUT2D eigenvalue weighted by molar-refractivity contribution is 0.0682. The number of likely N-dealkylation sites (tertiary alicyclic amines) is 1. The van der Waals surface area contributed by atoms with Gasteiger partial charge in [-0.3, -0.25) is 0 Å². The van der Waals surface area contributed by atoms with E-state index < -0.39 is 0 Å². The second-order valence-electron chi connectivity index (χ2n) is 6.03. The van der Waals surface area contributed by atoms with E-state index in [4.69, 9.17) is 5.73 Å². The van der Waals surface area contributed by atoms with Gasteiger partial charge in [-0.1, -0.05) is 19.8 Å². The van der Waals surface area contributed by atoms with Crippen molar-refractivity contribution in [2.75, 3.05) is 13.1 Å². The second-order valence-corrected chi connectivity index (χ2v) is 6.03. The van der Waals surface area contributed by atoms with Gasteiger partial charge in [-0.2, -0.15) is 0 Å². The minimum absolute atomic E-state index is 0.496. The first-order chi connectivity index (χ1) is 7.68. The normalized spacial score (nSPS) is 32.1. The van der Waals surface area contributed by atoms with Crippen molar-refractivity contribution >= 4 is 0 Å². The first-order valence-electron chi connectivity index (χ1n) is 7.17. The van der Waals surface area contributed by atoms with Gasteiger partial charge in [-0.05, 0) is 57.5 Å². The Morgan fingerprint density at radius 1 is 1.31 bits per heavy atom. The summed E-state index contributed by atoms with van der Waals surface area (Å²) in [7, 11) is 0. The van der Waals surface area contributed by atoms with Crippen LogP contribution in [0.3, 0.4) is 0 Å². The fraction of sp³-hybridized carbons (Fsp3) is 1.00. The molecule has 0 aromatic carbocycles. The molecule has 1 heterocycles. The minimum atomic E-state index is 0.496. The molecular formula is C14H28N2. The summed E-state index contributed by atoms with van der Waals surface area (Å²) in [4.78, 5) is 2.68. The van der Waals surface area contributed by atoms with Crippen LogP contribution in [0.2, 0.25) is 0 Å². The van der Waals surface area contributed by atoms with Crippen LogP contribution >= 0.6 is 0 Å². The molecule has 1 saturated heterocycles. The van der Waals surface area contributed by atoms with Gasteiger partial charge in [-0.15, -0.1) is 0 Å². The fourth-order valence-electron chi connectivity index (χ4n) is 3.80. The third-order valence-corrected chi connectivity index (χ3v) is 5.10.